The van der Waals surface area contributed by atoms with Gasteiger partial charge in [0.25, 0.3) is 10.0 Å². The topological polar surface area (TPSA) is 94.2 Å². The predicted octanol–water partition coefficient (Wildman–Crippen LogP) is 4.44. The van der Waals surface area contributed by atoms with Gasteiger partial charge in [0.05, 0.1) is 24.8 Å². The number of benzene rings is 3. The summed E-state index contributed by atoms with van der Waals surface area (Å²) in [5, 5.41) is 2.47. The fourth-order valence-corrected chi connectivity index (χ4v) is 4.52. The molecular formula is C23H21F3N2O6S. The van der Waals surface area contributed by atoms with E-state index in [1.165, 1.54) is 56.7 Å². The Morgan fingerprint density at radius 1 is 0.914 bits per heavy atom. The maximum absolute atomic E-state index is 13.5. The van der Waals surface area contributed by atoms with E-state index in [2.05, 4.69) is 10.1 Å². The molecule has 0 atom stereocenters. The number of sulfonamides is 1. The number of anilines is 2. The lowest BCUT2D eigenvalue weighted by atomic mass is 10.3. The first-order valence-electron chi connectivity index (χ1n) is 9.99. The van der Waals surface area contributed by atoms with E-state index >= 15 is 0 Å². The zero-order valence-corrected chi connectivity index (χ0v) is 19.4. The van der Waals surface area contributed by atoms with Gasteiger partial charge in [0.2, 0.25) is 5.91 Å². The summed E-state index contributed by atoms with van der Waals surface area (Å²) in [5.41, 5.74) is 0.382. The Hall–Kier alpha value is -3.93. The lowest BCUT2D eigenvalue weighted by Crippen LogP contribution is -2.38. The van der Waals surface area contributed by atoms with Gasteiger partial charge >= 0.3 is 6.36 Å². The Morgan fingerprint density at radius 3 is 2.11 bits per heavy atom. The second kappa shape index (κ2) is 10.6. The number of carbonyl (C=O) groups excluding carboxylic acids is 1. The number of ether oxygens (including phenoxy) is 3. The van der Waals surface area contributed by atoms with Crippen LogP contribution in [-0.2, 0) is 14.8 Å². The number of methoxy groups -OCH3 is 2. The van der Waals surface area contributed by atoms with E-state index in [9.17, 15) is 26.4 Å². The first-order chi connectivity index (χ1) is 16.5. The summed E-state index contributed by atoms with van der Waals surface area (Å²) in [6.07, 6.45) is -4.85. The maximum atomic E-state index is 13.5. The Labute approximate surface area is 199 Å². The SMILES string of the molecule is COc1ccc(S(=O)(=O)N(CC(=O)Nc2ccc(OC(F)(F)F)cc2)c2ccccc2)cc1OC. The van der Waals surface area contributed by atoms with Gasteiger partial charge in [-0.3, -0.25) is 9.10 Å². The van der Waals surface area contributed by atoms with Gasteiger partial charge in [0, 0.05) is 11.8 Å². The molecule has 12 heteroatoms. The second-order valence-corrected chi connectivity index (χ2v) is 8.85. The van der Waals surface area contributed by atoms with Crippen LogP contribution in [0.3, 0.4) is 0 Å². The minimum absolute atomic E-state index is 0.138. The van der Waals surface area contributed by atoms with Gasteiger partial charge in [0.15, 0.2) is 11.5 Å². The van der Waals surface area contributed by atoms with Crippen molar-refractivity contribution >= 4 is 27.3 Å². The maximum Gasteiger partial charge on any atom is 0.573 e. The number of para-hydroxylation sites is 1. The summed E-state index contributed by atoms with van der Waals surface area (Å²) in [6.45, 7) is -0.610. The fourth-order valence-electron chi connectivity index (χ4n) is 3.08. The molecular weight excluding hydrogens is 489 g/mol. The van der Waals surface area contributed by atoms with Crippen LogP contribution < -0.4 is 23.8 Å². The van der Waals surface area contributed by atoms with Crippen molar-refractivity contribution < 1.29 is 40.6 Å². The standard InChI is InChI=1S/C23H21F3N2O6S/c1-32-20-13-12-19(14-21(20)33-2)35(30,31)28(17-6-4-3-5-7-17)15-22(29)27-16-8-10-18(11-9-16)34-23(24,25)26/h3-14H,15H2,1-2H3,(H,27,29). The third-order valence-electron chi connectivity index (χ3n) is 4.65. The number of alkyl halides is 3. The van der Waals surface area contributed by atoms with E-state index in [0.717, 1.165) is 16.4 Å². The summed E-state index contributed by atoms with van der Waals surface area (Å²) < 4.78 is 79.0. The highest BCUT2D eigenvalue weighted by atomic mass is 32.2. The Balaban J connectivity index is 1.86. The number of hydrogen-bond donors (Lipinski definition) is 1. The van der Waals surface area contributed by atoms with Crippen LogP contribution in [0.1, 0.15) is 0 Å². The van der Waals surface area contributed by atoms with Crippen LogP contribution in [0.2, 0.25) is 0 Å². The molecule has 0 radical (unpaired) electrons. The largest absolute Gasteiger partial charge is 0.573 e. The molecule has 0 fully saturated rings. The van der Waals surface area contributed by atoms with Gasteiger partial charge in [-0.05, 0) is 48.5 Å². The molecule has 1 N–H and O–H groups in total. The molecule has 0 unspecified atom stereocenters. The van der Waals surface area contributed by atoms with E-state index in [0.29, 0.717) is 5.75 Å². The molecule has 0 saturated carbocycles. The molecule has 0 saturated heterocycles. The lowest BCUT2D eigenvalue weighted by Gasteiger charge is -2.24. The smallest absolute Gasteiger partial charge is 0.493 e. The summed E-state index contributed by atoms with van der Waals surface area (Å²) >= 11 is 0. The molecule has 0 aromatic heterocycles. The Morgan fingerprint density at radius 2 is 1.54 bits per heavy atom. The monoisotopic (exact) mass is 510 g/mol. The van der Waals surface area contributed by atoms with Crippen LogP contribution >= 0.6 is 0 Å². The zero-order chi connectivity index (χ0) is 25.6. The van der Waals surface area contributed by atoms with Crippen LogP contribution in [0.5, 0.6) is 17.2 Å². The molecule has 1 amide bonds. The average molecular weight is 510 g/mol. The average Bonchev–Trinajstić information content (AvgIpc) is 2.82. The van der Waals surface area contributed by atoms with Crippen LogP contribution in [0.15, 0.2) is 77.7 Å². The molecule has 0 aliphatic heterocycles. The van der Waals surface area contributed by atoms with Gasteiger partial charge in [0.1, 0.15) is 12.3 Å². The molecule has 186 valence electrons. The Bertz CT molecular complexity index is 1270. The molecule has 3 aromatic carbocycles. The molecule has 3 rings (SSSR count). The number of rotatable bonds is 9. The number of carbonyl (C=O) groups is 1. The van der Waals surface area contributed by atoms with Crippen molar-refractivity contribution in [2.45, 2.75) is 11.3 Å². The highest BCUT2D eigenvalue weighted by Crippen LogP contribution is 2.32. The minimum Gasteiger partial charge on any atom is -0.493 e. The van der Waals surface area contributed by atoms with Crippen molar-refractivity contribution in [2.75, 3.05) is 30.4 Å². The molecule has 0 spiro atoms. The number of nitrogens with one attached hydrogen (secondary N) is 1. The van der Waals surface area contributed by atoms with E-state index in [1.807, 2.05) is 0 Å². The summed E-state index contributed by atoms with van der Waals surface area (Å²) in [5.74, 6) is -0.666. The second-order valence-electron chi connectivity index (χ2n) is 6.98. The first kappa shape index (κ1) is 25.7. The molecule has 0 aliphatic carbocycles. The van der Waals surface area contributed by atoms with Crippen LogP contribution in [0.25, 0.3) is 0 Å². The summed E-state index contributed by atoms with van der Waals surface area (Å²) in [4.78, 5) is 12.6. The van der Waals surface area contributed by atoms with Crippen LogP contribution in [-0.4, -0.2) is 41.5 Å². The van der Waals surface area contributed by atoms with Gasteiger partial charge in [-0.2, -0.15) is 0 Å². The number of hydrogen-bond acceptors (Lipinski definition) is 6. The van der Waals surface area contributed by atoms with Gasteiger partial charge < -0.3 is 19.5 Å². The van der Waals surface area contributed by atoms with Crippen LogP contribution in [0, 0.1) is 0 Å². The Kier molecular flexibility index (Phi) is 7.75. The third-order valence-corrected chi connectivity index (χ3v) is 6.42. The first-order valence-corrected chi connectivity index (χ1v) is 11.4. The molecule has 3 aromatic rings. The number of amides is 1. The van der Waals surface area contributed by atoms with E-state index in [4.69, 9.17) is 9.47 Å². The minimum atomic E-state index is -4.85. The molecule has 8 nitrogen and oxygen atoms in total. The van der Waals surface area contributed by atoms with Crippen molar-refractivity contribution in [3.05, 3.63) is 72.8 Å². The molecule has 35 heavy (non-hydrogen) atoms. The van der Waals surface area contributed by atoms with E-state index in [1.54, 1.807) is 18.2 Å². The third kappa shape index (κ3) is 6.57. The van der Waals surface area contributed by atoms with E-state index in [-0.39, 0.29) is 22.0 Å². The van der Waals surface area contributed by atoms with Crippen LogP contribution in [0.4, 0.5) is 24.5 Å². The summed E-state index contributed by atoms with van der Waals surface area (Å²) in [7, 11) is -1.46. The van der Waals surface area contributed by atoms with Crippen molar-refractivity contribution in [2.24, 2.45) is 0 Å². The lowest BCUT2D eigenvalue weighted by molar-refractivity contribution is -0.274. The van der Waals surface area contributed by atoms with Crippen molar-refractivity contribution in [3.8, 4) is 17.2 Å². The highest BCUT2D eigenvalue weighted by molar-refractivity contribution is 7.92. The summed E-state index contributed by atoms with van der Waals surface area (Å²) in [6, 6.07) is 16.5. The van der Waals surface area contributed by atoms with Gasteiger partial charge in [-0.15, -0.1) is 13.2 Å². The van der Waals surface area contributed by atoms with Crippen molar-refractivity contribution in [3.63, 3.8) is 0 Å². The molecule has 0 heterocycles. The zero-order valence-electron chi connectivity index (χ0n) is 18.6. The highest BCUT2D eigenvalue weighted by Gasteiger charge is 2.31. The molecule has 0 aliphatic rings. The number of halogens is 3. The van der Waals surface area contributed by atoms with E-state index < -0.39 is 34.6 Å². The quantitative estimate of drug-likeness (QED) is 0.458. The normalized spacial score (nSPS) is 11.5. The molecule has 0 bridgehead atoms. The fraction of sp³-hybridized carbons (Fsp3) is 0.174. The van der Waals surface area contributed by atoms with Crippen molar-refractivity contribution in [1.29, 1.82) is 0 Å². The van der Waals surface area contributed by atoms with Crippen molar-refractivity contribution in [1.82, 2.24) is 0 Å². The predicted molar refractivity (Wildman–Crippen MR) is 122 cm³/mol. The van der Waals surface area contributed by atoms with Gasteiger partial charge in [-0.25, -0.2) is 8.42 Å². The number of nitrogens with zero attached hydrogens (tertiary/aromatic N) is 1. The van der Waals surface area contributed by atoms with Gasteiger partial charge in [-0.1, -0.05) is 18.2 Å².